The SMILES string of the molecule is CC(C)(O)c1ccc(N2CCN(S(=O)(=O)c3cccs3)C[C@@H]2CC2CCOCC2)cc1. The molecule has 1 aromatic heterocycles. The number of sulfonamides is 1. The van der Waals surface area contributed by atoms with Crippen molar-refractivity contribution in [1.82, 2.24) is 4.31 Å². The minimum absolute atomic E-state index is 0.111. The van der Waals surface area contributed by atoms with Crippen LogP contribution >= 0.6 is 11.3 Å². The summed E-state index contributed by atoms with van der Waals surface area (Å²) in [5.74, 6) is 0.543. The maximum Gasteiger partial charge on any atom is 0.252 e. The number of nitrogens with zero attached hydrogens (tertiary/aromatic N) is 2. The Morgan fingerprint density at radius 2 is 1.84 bits per heavy atom. The Hall–Kier alpha value is -1.45. The minimum atomic E-state index is -3.46. The number of rotatable bonds is 6. The molecule has 0 amide bonds. The van der Waals surface area contributed by atoms with Crippen molar-refractivity contribution in [2.75, 3.05) is 37.7 Å². The molecular weight excluding hydrogens is 432 g/mol. The van der Waals surface area contributed by atoms with E-state index in [0.29, 0.717) is 29.8 Å². The third-order valence-corrected chi connectivity index (χ3v) is 9.62. The predicted molar refractivity (Wildman–Crippen MR) is 124 cm³/mol. The first-order valence-corrected chi connectivity index (χ1v) is 13.3. The van der Waals surface area contributed by atoms with Crippen molar-refractivity contribution >= 4 is 27.0 Å². The molecule has 0 aliphatic carbocycles. The number of aliphatic hydroxyl groups is 1. The van der Waals surface area contributed by atoms with Crippen molar-refractivity contribution in [3.05, 3.63) is 47.3 Å². The van der Waals surface area contributed by atoms with Crippen LogP contribution < -0.4 is 4.90 Å². The van der Waals surface area contributed by atoms with Gasteiger partial charge in [-0.2, -0.15) is 4.31 Å². The lowest BCUT2D eigenvalue weighted by Gasteiger charge is -2.43. The molecule has 4 rings (SSSR count). The van der Waals surface area contributed by atoms with Crippen LogP contribution in [0.2, 0.25) is 0 Å². The summed E-state index contributed by atoms with van der Waals surface area (Å²) in [6, 6.07) is 11.6. The average Bonchev–Trinajstić information content (AvgIpc) is 3.30. The Bertz CT molecular complexity index is 946. The third kappa shape index (κ3) is 5.14. The largest absolute Gasteiger partial charge is 0.386 e. The summed E-state index contributed by atoms with van der Waals surface area (Å²) in [6.07, 6.45) is 3.01. The van der Waals surface area contributed by atoms with Gasteiger partial charge in [-0.05, 0) is 68.2 Å². The first-order valence-electron chi connectivity index (χ1n) is 11.0. The van der Waals surface area contributed by atoms with Crippen molar-refractivity contribution in [1.29, 1.82) is 0 Å². The van der Waals surface area contributed by atoms with Crippen molar-refractivity contribution in [2.45, 2.75) is 49.0 Å². The van der Waals surface area contributed by atoms with Crippen LogP contribution in [0.15, 0.2) is 46.0 Å². The van der Waals surface area contributed by atoms with Gasteiger partial charge in [0.2, 0.25) is 0 Å². The van der Waals surface area contributed by atoms with E-state index in [-0.39, 0.29) is 6.04 Å². The van der Waals surface area contributed by atoms with Crippen molar-refractivity contribution in [3.8, 4) is 0 Å². The zero-order valence-electron chi connectivity index (χ0n) is 18.2. The van der Waals surface area contributed by atoms with Gasteiger partial charge in [-0.25, -0.2) is 8.42 Å². The summed E-state index contributed by atoms with van der Waals surface area (Å²) < 4.78 is 33.9. The summed E-state index contributed by atoms with van der Waals surface area (Å²) in [6.45, 7) is 6.75. The van der Waals surface area contributed by atoms with Crippen LogP contribution in [0.5, 0.6) is 0 Å². The number of hydrogen-bond acceptors (Lipinski definition) is 6. The van der Waals surface area contributed by atoms with Crippen molar-refractivity contribution < 1.29 is 18.3 Å². The van der Waals surface area contributed by atoms with E-state index in [4.69, 9.17) is 4.74 Å². The highest BCUT2D eigenvalue weighted by Gasteiger charge is 2.36. The van der Waals surface area contributed by atoms with Gasteiger partial charge < -0.3 is 14.7 Å². The normalized spacial score (nSPS) is 22.0. The number of thiophene rings is 1. The van der Waals surface area contributed by atoms with Crippen LogP contribution in [0.1, 0.15) is 38.7 Å². The quantitative estimate of drug-likeness (QED) is 0.706. The summed E-state index contributed by atoms with van der Waals surface area (Å²) in [5.41, 5.74) is 1.07. The highest BCUT2D eigenvalue weighted by atomic mass is 32.2. The smallest absolute Gasteiger partial charge is 0.252 e. The predicted octanol–water partition coefficient (Wildman–Crippen LogP) is 3.67. The molecule has 31 heavy (non-hydrogen) atoms. The Morgan fingerprint density at radius 3 is 2.45 bits per heavy atom. The van der Waals surface area contributed by atoms with E-state index in [1.54, 1.807) is 30.3 Å². The molecule has 2 aromatic rings. The Morgan fingerprint density at radius 1 is 1.13 bits per heavy atom. The molecule has 1 N–H and O–H groups in total. The number of hydrogen-bond donors (Lipinski definition) is 1. The lowest BCUT2D eigenvalue weighted by Crippen LogP contribution is -2.55. The van der Waals surface area contributed by atoms with Gasteiger partial charge >= 0.3 is 0 Å². The van der Waals surface area contributed by atoms with Crippen LogP contribution in [0.25, 0.3) is 0 Å². The fourth-order valence-corrected chi connectivity index (χ4v) is 7.16. The highest BCUT2D eigenvalue weighted by Crippen LogP contribution is 2.32. The van der Waals surface area contributed by atoms with Gasteiger partial charge in [0.15, 0.2) is 0 Å². The molecule has 6 nitrogen and oxygen atoms in total. The highest BCUT2D eigenvalue weighted by molar-refractivity contribution is 7.91. The molecule has 0 saturated carbocycles. The fourth-order valence-electron chi connectivity index (χ4n) is 4.55. The molecule has 0 bridgehead atoms. The summed E-state index contributed by atoms with van der Waals surface area (Å²) >= 11 is 1.28. The molecule has 2 saturated heterocycles. The van der Waals surface area contributed by atoms with Crippen LogP contribution in [-0.2, 0) is 20.4 Å². The second kappa shape index (κ2) is 9.19. The second-order valence-corrected chi connectivity index (χ2v) is 12.2. The molecule has 8 heteroatoms. The van der Waals surface area contributed by atoms with E-state index in [0.717, 1.165) is 43.7 Å². The molecule has 170 valence electrons. The van der Waals surface area contributed by atoms with Crippen LogP contribution in [0.4, 0.5) is 5.69 Å². The summed E-state index contributed by atoms with van der Waals surface area (Å²) in [7, 11) is -3.46. The van der Waals surface area contributed by atoms with Gasteiger partial charge in [-0.15, -0.1) is 11.3 Å². The molecular formula is C23H32N2O4S2. The van der Waals surface area contributed by atoms with Gasteiger partial charge in [0.1, 0.15) is 4.21 Å². The average molecular weight is 465 g/mol. The zero-order valence-corrected chi connectivity index (χ0v) is 19.9. The Balaban J connectivity index is 1.57. The maximum atomic E-state index is 13.2. The van der Waals surface area contributed by atoms with Gasteiger partial charge in [0.05, 0.1) is 5.60 Å². The van der Waals surface area contributed by atoms with E-state index in [1.165, 1.54) is 11.3 Å². The van der Waals surface area contributed by atoms with E-state index in [2.05, 4.69) is 4.90 Å². The molecule has 2 aliphatic rings. The van der Waals surface area contributed by atoms with E-state index in [9.17, 15) is 13.5 Å². The topological polar surface area (TPSA) is 70.1 Å². The summed E-state index contributed by atoms with van der Waals surface area (Å²) in [5, 5.41) is 12.1. The number of benzene rings is 1. The van der Waals surface area contributed by atoms with Crippen molar-refractivity contribution in [3.63, 3.8) is 0 Å². The molecule has 2 aliphatic heterocycles. The first kappa shape index (κ1) is 22.7. The molecule has 1 atom stereocenters. The lowest BCUT2D eigenvalue weighted by molar-refractivity contribution is 0.0601. The maximum absolute atomic E-state index is 13.2. The first-order chi connectivity index (χ1) is 14.7. The molecule has 0 unspecified atom stereocenters. The second-order valence-electron chi connectivity index (χ2n) is 9.04. The van der Waals surface area contributed by atoms with Crippen molar-refractivity contribution in [2.24, 2.45) is 5.92 Å². The van der Waals surface area contributed by atoms with Gasteiger partial charge in [0.25, 0.3) is 10.0 Å². The Kier molecular flexibility index (Phi) is 6.74. The third-order valence-electron chi connectivity index (χ3n) is 6.39. The van der Waals surface area contributed by atoms with Gasteiger partial charge in [-0.3, -0.25) is 0 Å². The number of ether oxygens (including phenoxy) is 1. The number of piperazine rings is 1. The molecule has 0 spiro atoms. The number of anilines is 1. The monoisotopic (exact) mass is 464 g/mol. The molecule has 1 aromatic carbocycles. The zero-order chi connectivity index (χ0) is 22.1. The van der Waals surface area contributed by atoms with E-state index >= 15 is 0 Å². The standard InChI is InChI=1S/C23H32N2O4S2/c1-23(2,26)19-5-7-20(8-6-19)25-12-11-24(31(27,28)22-4-3-15-30-22)17-21(25)16-18-9-13-29-14-10-18/h3-8,15,18,21,26H,9-14,16-17H2,1-2H3/t21-/m0/s1. The molecule has 2 fully saturated rings. The van der Waals surface area contributed by atoms with E-state index in [1.807, 2.05) is 29.6 Å². The minimum Gasteiger partial charge on any atom is -0.386 e. The van der Waals surface area contributed by atoms with Crippen LogP contribution in [0.3, 0.4) is 0 Å². The van der Waals surface area contributed by atoms with Gasteiger partial charge in [0, 0.05) is 44.6 Å². The Labute approximate surface area is 189 Å². The van der Waals surface area contributed by atoms with Crippen LogP contribution in [0, 0.1) is 5.92 Å². The fraction of sp³-hybridized carbons (Fsp3) is 0.565. The van der Waals surface area contributed by atoms with E-state index < -0.39 is 15.6 Å². The van der Waals surface area contributed by atoms with Crippen LogP contribution in [-0.4, -0.2) is 56.7 Å². The molecule has 3 heterocycles. The summed E-state index contributed by atoms with van der Waals surface area (Å²) in [4.78, 5) is 2.35. The lowest BCUT2D eigenvalue weighted by atomic mass is 9.90. The van der Waals surface area contributed by atoms with Gasteiger partial charge in [-0.1, -0.05) is 18.2 Å². The molecule has 0 radical (unpaired) electrons.